The molecule has 1 aromatic rings. The molecule has 14 heavy (non-hydrogen) atoms. The Balaban J connectivity index is 2.21. The van der Waals surface area contributed by atoms with Gasteiger partial charge in [0.1, 0.15) is 5.15 Å². The van der Waals surface area contributed by atoms with E-state index in [0.29, 0.717) is 11.1 Å². The van der Waals surface area contributed by atoms with Crippen LogP contribution in [0.5, 0.6) is 0 Å². The molecule has 0 spiro atoms. The van der Waals surface area contributed by atoms with Crippen LogP contribution < -0.4 is 5.73 Å². The summed E-state index contributed by atoms with van der Waals surface area (Å²) in [6.07, 6.45) is 6.31. The van der Waals surface area contributed by atoms with Gasteiger partial charge in [-0.25, -0.2) is 9.97 Å². The van der Waals surface area contributed by atoms with E-state index in [1.54, 1.807) is 0 Å². The topological polar surface area (TPSA) is 51.8 Å². The molecule has 1 heterocycles. The third-order valence-electron chi connectivity index (χ3n) is 2.76. The average Bonchev–Trinajstić information content (AvgIpc) is 2.18. The van der Waals surface area contributed by atoms with Crippen molar-refractivity contribution in [2.75, 3.05) is 5.73 Å². The maximum Gasteiger partial charge on any atom is 0.221 e. The molecule has 0 amide bonds. The monoisotopic (exact) mass is 211 g/mol. The van der Waals surface area contributed by atoms with E-state index in [9.17, 15) is 0 Å². The Hall–Kier alpha value is -0.830. The van der Waals surface area contributed by atoms with E-state index >= 15 is 0 Å². The zero-order valence-electron chi connectivity index (χ0n) is 8.04. The van der Waals surface area contributed by atoms with Crippen molar-refractivity contribution in [3.63, 3.8) is 0 Å². The molecule has 3 nitrogen and oxygen atoms in total. The van der Waals surface area contributed by atoms with Crippen LogP contribution in [0.25, 0.3) is 0 Å². The predicted octanol–water partition coefficient (Wildman–Crippen LogP) is 2.76. The Morgan fingerprint density at radius 2 is 1.93 bits per heavy atom. The second-order valence-electron chi connectivity index (χ2n) is 3.81. The van der Waals surface area contributed by atoms with Crippen molar-refractivity contribution in [2.24, 2.45) is 0 Å². The highest BCUT2D eigenvalue weighted by atomic mass is 35.5. The summed E-state index contributed by atoms with van der Waals surface area (Å²) in [6.45, 7) is 0. The molecular formula is C10H14ClN3. The van der Waals surface area contributed by atoms with Crippen molar-refractivity contribution in [1.29, 1.82) is 0 Å². The zero-order valence-corrected chi connectivity index (χ0v) is 8.80. The molecule has 1 aliphatic carbocycles. The van der Waals surface area contributed by atoms with Gasteiger partial charge in [-0.1, -0.05) is 30.9 Å². The second-order valence-corrected chi connectivity index (χ2v) is 4.20. The molecule has 0 unspecified atom stereocenters. The van der Waals surface area contributed by atoms with Crippen LogP contribution in [0.3, 0.4) is 0 Å². The second kappa shape index (κ2) is 4.13. The van der Waals surface area contributed by atoms with Gasteiger partial charge in [-0.3, -0.25) is 0 Å². The van der Waals surface area contributed by atoms with Crippen LogP contribution in [0.1, 0.15) is 43.7 Å². The summed E-state index contributed by atoms with van der Waals surface area (Å²) in [4.78, 5) is 8.10. The lowest BCUT2D eigenvalue weighted by atomic mass is 9.87. The molecular weight excluding hydrogens is 198 g/mol. The van der Waals surface area contributed by atoms with Gasteiger partial charge in [-0.05, 0) is 18.9 Å². The first kappa shape index (κ1) is 9.71. The number of hydrogen-bond acceptors (Lipinski definition) is 3. The van der Waals surface area contributed by atoms with E-state index in [-0.39, 0.29) is 5.95 Å². The van der Waals surface area contributed by atoms with Crippen molar-refractivity contribution < 1.29 is 0 Å². The minimum atomic E-state index is 0.290. The first-order valence-corrected chi connectivity index (χ1v) is 5.43. The van der Waals surface area contributed by atoms with Crippen LogP contribution in [-0.4, -0.2) is 9.97 Å². The van der Waals surface area contributed by atoms with Crippen LogP contribution >= 0.6 is 11.6 Å². The predicted molar refractivity (Wildman–Crippen MR) is 57.3 cm³/mol. The fourth-order valence-electron chi connectivity index (χ4n) is 2.06. The van der Waals surface area contributed by atoms with Crippen molar-refractivity contribution >= 4 is 17.5 Å². The molecule has 0 aliphatic heterocycles. The number of halogens is 1. The van der Waals surface area contributed by atoms with Gasteiger partial charge in [0.15, 0.2) is 0 Å². The smallest absolute Gasteiger partial charge is 0.221 e. The summed E-state index contributed by atoms with van der Waals surface area (Å²) < 4.78 is 0. The molecule has 1 aliphatic rings. The Morgan fingerprint density at radius 3 is 2.57 bits per heavy atom. The molecule has 76 valence electrons. The molecule has 2 rings (SSSR count). The molecule has 0 atom stereocenters. The fraction of sp³-hybridized carbons (Fsp3) is 0.600. The minimum Gasteiger partial charge on any atom is -0.368 e. The lowest BCUT2D eigenvalue weighted by Crippen LogP contribution is -2.08. The Kier molecular flexibility index (Phi) is 2.87. The molecule has 0 radical (unpaired) electrons. The van der Waals surface area contributed by atoms with Crippen LogP contribution in [0.15, 0.2) is 6.07 Å². The highest BCUT2D eigenvalue weighted by Crippen LogP contribution is 2.32. The molecule has 0 aromatic carbocycles. The minimum absolute atomic E-state index is 0.290. The van der Waals surface area contributed by atoms with E-state index in [0.717, 1.165) is 5.69 Å². The Morgan fingerprint density at radius 1 is 1.21 bits per heavy atom. The molecule has 1 aromatic heterocycles. The maximum atomic E-state index is 5.84. The summed E-state index contributed by atoms with van der Waals surface area (Å²) in [6, 6.07) is 1.84. The van der Waals surface area contributed by atoms with E-state index in [1.165, 1.54) is 32.1 Å². The SMILES string of the molecule is Nc1nc(Cl)cc(C2CCCCC2)n1. The molecule has 0 saturated heterocycles. The number of anilines is 1. The molecule has 2 N–H and O–H groups in total. The van der Waals surface area contributed by atoms with Gasteiger partial charge in [-0.2, -0.15) is 0 Å². The summed E-state index contributed by atoms with van der Waals surface area (Å²) >= 11 is 5.84. The van der Waals surface area contributed by atoms with Crippen LogP contribution in [-0.2, 0) is 0 Å². The first-order valence-electron chi connectivity index (χ1n) is 5.05. The van der Waals surface area contributed by atoms with Gasteiger partial charge in [0.05, 0.1) is 5.69 Å². The number of nitrogen functional groups attached to an aromatic ring is 1. The molecule has 0 bridgehead atoms. The molecule has 1 saturated carbocycles. The molecule has 1 fully saturated rings. The molecule has 4 heteroatoms. The summed E-state index contributed by atoms with van der Waals surface area (Å²) in [7, 11) is 0. The lowest BCUT2D eigenvalue weighted by molar-refractivity contribution is 0.436. The first-order chi connectivity index (χ1) is 6.75. The van der Waals surface area contributed by atoms with Crippen molar-refractivity contribution in [1.82, 2.24) is 9.97 Å². The number of rotatable bonds is 1. The number of aromatic nitrogens is 2. The summed E-state index contributed by atoms with van der Waals surface area (Å²) in [5, 5.41) is 0.457. The van der Waals surface area contributed by atoms with Crippen LogP contribution in [0.2, 0.25) is 5.15 Å². The lowest BCUT2D eigenvalue weighted by Gasteiger charge is -2.20. The highest BCUT2D eigenvalue weighted by Gasteiger charge is 2.17. The largest absolute Gasteiger partial charge is 0.368 e. The quantitative estimate of drug-likeness (QED) is 0.727. The van der Waals surface area contributed by atoms with Crippen molar-refractivity contribution in [3.8, 4) is 0 Å². The van der Waals surface area contributed by atoms with Crippen LogP contribution in [0, 0.1) is 0 Å². The number of nitrogens with zero attached hydrogens (tertiary/aromatic N) is 2. The van der Waals surface area contributed by atoms with Gasteiger partial charge in [0.25, 0.3) is 0 Å². The van der Waals surface area contributed by atoms with E-state index in [2.05, 4.69) is 9.97 Å². The Labute approximate surface area is 88.7 Å². The standard InChI is InChI=1S/C10H14ClN3/c11-9-6-8(13-10(12)14-9)7-4-2-1-3-5-7/h6-7H,1-5H2,(H2,12,13,14). The third-order valence-corrected chi connectivity index (χ3v) is 2.95. The maximum absolute atomic E-state index is 5.84. The summed E-state index contributed by atoms with van der Waals surface area (Å²) in [5.74, 6) is 0.824. The van der Waals surface area contributed by atoms with Gasteiger partial charge in [0, 0.05) is 5.92 Å². The van der Waals surface area contributed by atoms with Gasteiger partial charge < -0.3 is 5.73 Å². The third kappa shape index (κ3) is 2.15. The van der Waals surface area contributed by atoms with Crippen LogP contribution in [0.4, 0.5) is 5.95 Å². The normalized spacial score (nSPS) is 18.4. The van der Waals surface area contributed by atoms with Gasteiger partial charge in [0.2, 0.25) is 5.95 Å². The average molecular weight is 212 g/mol. The fourth-order valence-corrected chi connectivity index (χ4v) is 2.26. The highest BCUT2D eigenvalue weighted by molar-refractivity contribution is 6.29. The number of hydrogen-bond donors (Lipinski definition) is 1. The van der Waals surface area contributed by atoms with E-state index < -0.39 is 0 Å². The zero-order chi connectivity index (χ0) is 9.97. The van der Waals surface area contributed by atoms with Gasteiger partial charge >= 0.3 is 0 Å². The summed E-state index contributed by atoms with van der Waals surface area (Å²) in [5.41, 5.74) is 6.58. The van der Waals surface area contributed by atoms with E-state index in [4.69, 9.17) is 17.3 Å². The van der Waals surface area contributed by atoms with Crippen molar-refractivity contribution in [3.05, 3.63) is 16.9 Å². The Bertz CT molecular complexity index is 301. The van der Waals surface area contributed by atoms with Crippen molar-refractivity contribution in [2.45, 2.75) is 38.0 Å². The van der Waals surface area contributed by atoms with Gasteiger partial charge in [-0.15, -0.1) is 0 Å². The number of nitrogens with two attached hydrogens (primary N) is 1. The van der Waals surface area contributed by atoms with E-state index in [1.807, 2.05) is 6.07 Å².